The fourth-order valence-electron chi connectivity index (χ4n) is 3.27. The lowest BCUT2D eigenvalue weighted by atomic mass is 10.1. The lowest BCUT2D eigenvalue weighted by molar-refractivity contribution is 0.0938. The molecule has 150 valence electrons. The van der Waals surface area contributed by atoms with E-state index in [-0.39, 0.29) is 24.2 Å². The molecule has 1 aliphatic rings. The molecule has 3 heterocycles. The van der Waals surface area contributed by atoms with Crippen molar-refractivity contribution >= 4 is 66.8 Å². The van der Waals surface area contributed by atoms with E-state index in [1.54, 1.807) is 30.5 Å². The Labute approximate surface area is 183 Å². The van der Waals surface area contributed by atoms with E-state index >= 15 is 0 Å². The summed E-state index contributed by atoms with van der Waals surface area (Å²) in [6.07, 6.45) is 1.19. The molecule has 3 aromatic rings. The van der Waals surface area contributed by atoms with Crippen LogP contribution < -0.4 is 10.6 Å². The van der Waals surface area contributed by atoms with Crippen LogP contribution in [0.3, 0.4) is 0 Å². The zero-order valence-corrected chi connectivity index (χ0v) is 18.0. The molecular weight excluding hydrogens is 510 g/mol. The number of aromatic nitrogens is 1. The molecule has 3 N–H and O–H groups in total. The van der Waals surface area contributed by atoms with E-state index in [2.05, 4.69) is 15.6 Å². The molecule has 4 rings (SSSR count). The predicted molar refractivity (Wildman–Crippen MR) is 117 cm³/mol. The standard InChI is InChI=1S/C19H16FIN4O3S/c20-13-8-10(21)3-4-14(13)24-18-15(12-2-1-6-22-17(12)29-18)16(26)23-11-5-7-25(9-11)19(27)28/h1-4,6,8,11,24H,5,7,9H2,(H,23,26)(H,27,28)/t11-/m0/s1. The second-order valence-corrected chi connectivity index (χ2v) is 8.84. The van der Waals surface area contributed by atoms with Crippen LogP contribution in [-0.4, -0.2) is 46.1 Å². The first-order valence-electron chi connectivity index (χ1n) is 8.80. The van der Waals surface area contributed by atoms with Gasteiger partial charge in [-0.05, 0) is 59.3 Å². The number of thiophene rings is 1. The van der Waals surface area contributed by atoms with Crippen molar-refractivity contribution in [1.82, 2.24) is 15.2 Å². The lowest BCUT2D eigenvalue weighted by Gasteiger charge is -2.15. The van der Waals surface area contributed by atoms with Gasteiger partial charge in [0, 0.05) is 34.3 Å². The van der Waals surface area contributed by atoms with Gasteiger partial charge in [0.25, 0.3) is 5.91 Å². The largest absolute Gasteiger partial charge is 0.465 e. The number of fused-ring (bicyclic) bond motifs is 1. The molecule has 0 spiro atoms. The summed E-state index contributed by atoms with van der Waals surface area (Å²) in [5.41, 5.74) is 0.647. The van der Waals surface area contributed by atoms with Crippen LogP contribution in [0, 0.1) is 9.39 Å². The molecule has 0 bridgehead atoms. The maximum absolute atomic E-state index is 14.3. The summed E-state index contributed by atoms with van der Waals surface area (Å²) in [5, 5.41) is 16.2. The number of hydrogen-bond donors (Lipinski definition) is 3. The number of amides is 2. The Balaban J connectivity index is 1.64. The van der Waals surface area contributed by atoms with Crippen molar-refractivity contribution in [2.24, 2.45) is 0 Å². The average Bonchev–Trinajstić information content (AvgIpc) is 3.28. The van der Waals surface area contributed by atoms with Crippen LogP contribution in [-0.2, 0) is 0 Å². The Morgan fingerprint density at radius 3 is 2.90 bits per heavy atom. The quantitative estimate of drug-likeness (QED) is 0.442. The van der Waals surface area contributed by atoms with Gasteiger partial charge in [-0.1, -0.05) is 11.3 Å². The summed E-state index contributed by atoms with van der Waals surface area (Å²) in [6, 6.07) is 8.07. The zero-order valence-electron chi connectivity index (χ0n) is 15.0. The summed E-state index contributed by atoms with van der Waals surface area (Å²) in [4.78, 5) is 30.4. The Morgan fingerprint density at radius 1 is 1.34 bits per heavy atom. The molecule has 1 atom stereocenters. The SMILES string of the molecule is O=C(N[C@H]1CCN(C(=O)O)C1)c1c(Nc2ccc(I)cc2F)sc2ncccc12. The minimum Gasteiger partial charge on any atom is -0.465 e. The second-order valence-electron chi connectivity index (χ2n) is 6.60. The second kappa shape index (κ2) is 8.11. The molecule has 1 saturated heterocycles. The van der Waals surface area contributed by atoms with E-state index < -0.39 is 11.9 Å². The number of rotatable bonds is 4. The van der Waals surface area contributed by atoms with Crippen molar-refractivity contribution in [3.63, 3.8) is 0 Å². The summed E-state index contributed by atoms with van der Waals surface area (Å²) in [7, 11) is 0. The van der Waals surface area contributed by atoms with Crippen molar-refractivity contribution in [2.45, 2.75) is 12.5 Å². The van der Waals surface area contributed by atoms with Crippen LogP contribution in [0.15, 0.2) is 36.5 Å². The van der Waals surface area contributed by atoms with E-state index in [9.17, 15) is 14.0 Å². The minimum absolute atomic E-state index is 0.246. The van der Waals surface area contributed by atoms with Gasteiger partial charge < -0.3 is 20.6 Å². The van der Waals surface area contributed by atoms with Crippen molar-refractivity contribution in [3.05, 3.63) is 51.5 Å². The number of carbonyl (C=O) groups excluding carboxylic acids is 1. The van der Waals surface area contributed by atoms with E-state index in [0.717, 1.165) is 3.57 Å². The van der Waals surface area contributed by atoms with Crippen molar-refractivity contribution in [3.8, 4) is 0 Å². The number of carboxylic acid groups (broad SMARTS) is 1. The molecule has 1 fully saturated rings. The number of nitrogens with zero attached hydrogens (tertiary/aromatic N) is 2. The van der Waals surface area contributed by atoms with Crippen molar-refractivity contribution in [2.75, 3.05) is 18.4 Å². The van der Waals surface area contributed by atoms with Gasteiger partial charge in [-0.3, -0.25) is 4.79 Å². The number of carbonyl (C=O) groups is 2. The highest BCUT2D eigenvalue weighted by molar-refractivity contribution is 14.1. The van der Waals surface area contributed by atoms with E-state index in [1.165, 1.54) is 22.3 Å². The smallest absolute Gasteiger partial charge is 0.407 e. The van der Waals surface area contributed by atoms with E-state index in [1.807, 2.05) is 22.6 Å². The number of nitrogens with one attached hydrogen (secondary N) is 2. The number of anilines is 2. The van der Waals surface area contributed by atoms with Gasteiger partial charge in [0.2, 0.25) is 0 Å². The fourth-order valence-corrected chi connectivity index (χ4v) is 4.77. The van der Waals surface area contributed by atoms with Gasteiger partial charge >= 0.3 is 6.09 Å². The van der Waals surface area contributed by atoms with Gasteiger partial charge in [-0.15, -0.1) is 0 Å². The van der Waals surface area contributed by atoms with Crippen LogP contribution >= 0.6 is 33.9 Å². The first-order chi connectivity index (χ1) is 13.9. The Morgan fingerprint density at radius 2 is 2.17 bits per heavy atom. The number of likely N-dealkylation sites (tertiary alicyclic amines) is 1. The summed E-state index contributed by atoms with van der Waals surface area (Å²) in [5.74, 6) is -0.753. The molecule has 2 aromatic heterocycles. The van der Waals surface area contributed by atoms with Crippen LogP contribution in [0.2, 0.25) is 0 Å². The van der Waals surface area contributed by atoms with Crippen molar-refractivity contribution in [1.29, 1.82) is 0 Å². The summed E-state index contributed by atoms with van der Waals surface area (Å²) in [6.45, 7) is 0.626. The molecule has 0 radical (unpaired) electrons. The third-order valence-electron chi connectivity index (χ3n) is 4.67. The first kappa shape index (κ1) is 19.8. The molecule has 1 aliphatic heterocycles. The first-order valence-corrected chi connectivity index (χ1v) is 10.7. The van der Waals surface area contributed by atoms with Gasteiger partial charge in [0.15, 0.2) is 0 Å². The third kappa shape index (κ3) is 4.13. The van der Waals surface area contributed by atoms with Crippen LogP contribution in [0.25, 0.3) is 10.2 Å². The van der Waals surface area contributed by atoms with Gasteiger partial charge in [-0.25, -0.2) is 14.2 Å². The maximum Gasteiger partial charge on any atom is 0.407 e. The zero-order chi connectivity index (χ0) is 20.5. The number of pyridine rings is 1. The molecule has 2 amide bonds. The minimum atomic E-state index is -0.997. The molecule has 7 nitrogen and oxygen atoms in total. The summed E-state index contributed by atoms with van der Waals surface area (Å²) >= 11 is 3.30. The monoisotopic (exact) mass is 526 g/mol. The third-order valence-corrected chi connectivity index (χ3v) is 6.37. The molecule has 0 unspecified atom stereocenters. The number of hydrogen-bond acceptors (Lipinski definition) is 5. The normalized spacial score (nSPS) is 16.2. The predicted octanol–water partition coefficient (Wildman–Crippen LogP) is 4.27. The molecule has 1 aromatic carbocycles. The van der Waals surface area contributed by atoms with Crippen LogP contribution in [0.5, 0.6) is 0 Å². The highest BCUT2D eigenvalue weighted by atomic mass is 127. The maximum atomic E-state index is 14.3. The molecule has 0 aliphatic carbocycles. The van der Waals surface area contributed by atoms with E-state index in [4.69, 9.17) is 5.11 Å². The Bertz CT molecular complexity index is 1110. The van der Waals surface area contributed by atoms with Gasteiger partial charge in [-0.2, -0.15) is 0 Å². The Hall–Kier alpha value is -2.47. The van der Waals surface area contributed by atoms with Gasteiger partial charge in [0.05, 0.1) is 11.3 Å². The van der Waals surface area contributed by atoms with E-state index in [0.29, 0.717) is 33.7 Å². The van der Waals surface area contributed by atoms with Crippen LogP contribution in [0.4, 0.5) is 19.9 Å². The molecule has 29 heavy (non-hydrogen) atoms. The number of benzene rings is 1. The van der Waals surface area contributed by atoms with Crippen molar-refractivity contribution < 1.29 is 19.1 Å². The highest BCUT2D eigenvalue weighted by Crippen LogP contribution is 2.37. The Kier molecular flexibility index (Phi) is 5.54. The highest BCUT2D eigenvalue weighted by Gasteiger charge is 2.29. The van der Waals surface area contributed by atoms with Crippen LogP contribution in [0.1, 0.15) is 16.8 Å². The number of halogens is 2. The van der Waals surface area contributed by atoms with Gasteiger partial charge in [0.1, 0.15) is 15.6 Å². The molecule has 0 saturated carbocycles. The summed E-state index contributed by atoms with van der Waals surface area (Å²) < 4.78 is 15.1. The lowest BCUT2D eigenvalue weighted by Crippen LogP contribution is -2.38. The average molecular weight is 526 g/mol. The fraction of sp³-hybridized carbons (Fsp3) is 0.211. The molecule has 10 heteroatoms. The topological polar surface area (TPSA) is 94.6 Å². The molecular formula is C19H16FIN4O3S.